The van der Waals surface area contributed by atoms with E-state index in [1.807, 2.05) is 30.3 Å². The number of fused-ring (bicyclic) bond motifs is 6. The Labute approximate surface area is 323 Å². The van der Waals surface area contributed by atoms with Crippen LogP contribution in [0.3, 0.4) is 0 Å². The lowest BCUT2D eigenvalue weighted by molar-refractivity contribution is 1.07. The SMILES string of the molecule is c1ccc(-c2nc(-c3cccc(-c4cccc(-n5c6ccccc6c6ccccc65)c4)c3)nc(-c3cccc(-n4c5ccccc5c5ccccc54)c3)n2)cc1. The zero-order chi connectivity index (χ0) is 37.0. The van der Waals surface area contributed by atoms with Crippen molar-refractivity contribution >= 4 is 43.6 Å². The molecule has 0 spiro atoms. The number of hydrogen-bond acceptors (Lipinski definition) is 3. The van der Waals surface area contributed by atoms with Gasteiger partial charge in [0.25, 0.3) is 0 Å². The summed E-state index contributed by atoms with van der Waals surface area (Å²) in [4.78, 5) is 15.3. The summed E-state index contributed by atoms with van der Waals surface area (Å²) >= 11 is 0. The zero-order valence-electron chi connectivity index (χ0n) is 30.3. The van der Waals surface area contributed by atoms with Crippen LogP contribution in [0, 0.1) is 0 Å². The van der Waals surface area contributed by atoms with Crippen LogP contribution in [0.25, 0.3) is 100 Å². The fourth-order valence-electron chi connectivity index (χ4n) is 8.20. The van der Waals surface area contributed by atoms with E-state index < -0.39 is 0 Å². The Morgan fingerprint density at radius 1 is 0.250 bits per heavy atom. The normalized spacial score (nSPS) is 11.6. The van der Waals surface area contributed by atoms with E-state index in [0.29, 0.717) is 17.5 Å². The predicted molar refractivity (Wildman–Crippen MR) is 230 cm³/mol. The highest BCUT2D eigenvalue weighted by Crippen LogP contribution is 2.36. The average Bonchev–Trinajstić information content (AvgIpc) is 3.80. The summed E-state index contributed by atoms with van der Waals surface area (Å²) in [5, 5.41) is 4.94. The Kier molecular flexibility index (Phi) is 7.42. The molecule has 3 aromatic heterocycles. The van der Waals surface area contributed by atoms with Crippen LogP contribution in [0.2, 0.25) is 0 Å². The van der Waals surface area contributed by atoms with Crippen molar-refractivity contribution < 1.29 is 0 Å². The van der Waals surface area contributed by atoms with Crippen LogP contribution < -0.4 is 0 Å². The molecule has 0 unspecified atom stereocenters. The summed E-state index contributed by atoms with van der Waals surface area (Å²) in [7, 11) is 0. The summed E-state index contributed by atoms with van der Waals surface area (Å²) in [6.45, 7) is 0. The molecule has 3 heterocycles. The summed E-state index contributed by atoms with van der Waals surface area (Å²) in [5.41, 5.74) is 11.8. The monoisotopic (exact) mass is 715 g/mol. The molecule has 0 aliphatic rings. The lowest BCUT2D eigenvalue weighted by atomic mass is 10.0. The quantitative estimate of drug-likeness (QED) is 0.172. The maximum atomic E-state index is 5.17. The molecule has 262 valence electrons. The number of hydrogen-bond donors (Lipinski definition) is 0. The number of rotatable bonds is 6. The molecule has 8 aromatic carbocycles. The molecule has 0 saturated carbocycles. The minimum absolute atomic E-state index is 0.621. The van der Waals surface area contributed by atoms with Gasteiger partial charge in [-0.3, -0.25) is 0 Å². The molecule has 0 aliphatic carbocycles. The van der Waals surface area contributed by atoms with Gasteiger partial charge >= 0.3 is 0 Å². The van der Waals surface area contributed by atoms with Crippen molar-refractivity contribution in [3.63, 3.8) is 0 Å². The second kappa shape index (κ2) is 13.0. The molecule has 5 heteroatoms. The number of benzene rings is 8. The van der Waals surface area contributed by atoms with Crippen molar-refractivity contribution in [3.05, 3.63) is 200 Å². The van der Waals surface area contributed by atoms with Crippen LogP contribution in [0.4, 0.5) is 0 Å². The molecule has 0 saturated heterocycles. The van der Waals surface area contributed by atoms with Gasteiger partial charge in [0.1, 0.15) is 0 Å². The first-order valence-electron chi connectivity index (χ1n) is 18.9. The standard InChI is InChI=1S/C51H33N5/c1-2-15-34(16-3-1)49-52-50(54-51(53-49)38-20-14-22-40(33-38)56-47-29-10-6-25-43(47)44-26-7-11-30-48(44)56)37-19-12-17-35(31-37)36-18-13-21-39(32-36)55-45-27-8-4-23-41(45)42-24-5-9-28-46(42)55/h1-33H. The van der Waals surface area contributed by atoms with Gasteiger partial charge in [-0.05, 0) is 65.7 Å². The van der Waals surface area contributed by atoms with Crippen LogP contribution in [-0.4, -0.2) is 24.1 Å². The van der Waals surface area contributed by atoms with Crippen LogP contribution in [-0.2, 0) is 0 Å². The van der Waals surface area contributed by atoms with E-state index >= 15 is 0 Å². The molecule has 0 atom stereocenters. The fourth-order valence-corrected chi connectivity index (χ4v) is 8.20. The second-order valence-corrected chi connectivity index (χ2v) is 14.1. The van der Waals surface area contributed by atoms with Crippen molar-refractivity contribution in [3.8, 4) is 56.7 Å². The highest BCUT2D eigenvalue weighted by molar-refractivity contribution is 6.10. The Morgan fingerprint density at radius 2 is 0.571 bits per heavy atom. The van der Waals surface area contributed by atoms with E-state index in [2.05, 4.69) is 179 Å². The van der Waals surface area contributed by atoms with Crippen molar-refractivity contribution in [1.82, 2.24) is 24.1 Å². The summed E-state index contributed by atoms with van der Waals surface area (Å²) in [5.74, 6) is 1.87. The van der Waals surface area contributed by atoms with Crippen LogP contribution in [0.5, 0.6) is 0 Å². The number of aromatic nitrogens is 5. The molecule has 56 heavy (non-hydrogen) atoms. The van der Waals surface area contributed by atoms with E-state index in [1.54, 1.807) is 0 Å². The van der Waals surface area contributed by atoms with Gasteiger partial charge < -0.3 is 9.13 Å². The van der Waals surface area contributed by atoms with Crippen LogP contribution in [0.1, 0.15) is 0 Å². The van der Waals surface area contributed by atoms with E-state index in [9.17, 15) is 0 Å². The number of nitrogens with zero attached hydrogens (tertiary/aromatic N) is 5. The molecule has 11 aromatic rings. The van der Waals surface area contributed by atoms with E-state index in [4.69, 9.17) is 15.0 Å². The first-order chi connectivity index (χ1) is 27.8. The predicted octanol–water partition coefficient (Wildman–Crippen LogP) is 12.7. The average molecular weight is 716 g/mol. The molecule has 0 aliphatic heterocycles. The van der Waals surface area contributed by atoms with E-state index in [1.165, 1.54) is 32.6 Å². The third kappa shape index (κ3) is 5.29. The number of para-hydroxylation sites is 4. The molecule has 0 amide bonds. The van der Waals surface area contributed by atoms with Gasteiger partial charge in [-0.15, -0.1) is 0 Å². The minimum atomic E-state index is 0.621. The van der Waals surface area contributed by atoms with Gasteiger partial charge in [-0.25, -0.2) is 15.0 Å². The molecular formula is C51H33N5. The van der Waals surface area contributed by atoms with E-state index in [-0.39, 0.29) is 0 Å². The van der Waals surface area contributed by atoms with Crippen molar-refractivity contribution in [1.29, 1.82) is 0 Å². The lowest BCUT2D eigenvalue weighted by Gasteiger charge is -2.12. The van der Waals surface area contributed by atoms with Crippen molar-refractivity contribution in [2.24, 2.45) is 0 Å². The van der Waals surface area contributed by atoms with E-state index in [0.717, 1.165) is 50.2 Å². The van der Waals surface area contributed by atoms with Crippen LogP contribution in [0.15, 0.2) is 200 Å². The highest BCUT2D eigenvalue weighted by Gasteiger charge is 2.17. The molecule has 0 bridgehead atoms. The summed E-state index contributed by atoms with van der Waals surface area (Å²) < 4.78 is 4.68. The van der Waals surface area contributed by atoms with Gasteiger partial charge in [0, 0.05) is 49.6 Å². The Balaban J connectivity index is 1.03. The second-order valence-electron chi connectivity index (χ2n) is 14.1. The lowest BCUT2D eigenvalue weighted by Crippen LogP contribution is -2.01. The fraction of sp³-hybridized carbons (Fsp3) is 0. The summed E-state index contributed by atoms with van der Waals surface area (Å²) in [6.07, 6.45) is 0. The molecule has 0 fully saturated rings. The van der Waals surface area contributed by atoms with Gasteiger partial charge in [-0.2, -0.15) is 0 Å². The Bertz CT molecular complexity index is 3160. The molecule has 5 nitrogen and oxygen atoms in total. The van der Waals surface area contributed by atoms with Gasteiger partial charge in [0.05, 0.1) is 22.1 Å². The zero-order valence-corrected chi connectivity index (χ0v) is 30.3. The van der Waals surface area contributed by atoms with Crippen molar-refractivity contribution in [2.45, 2.75) is 0 Å². The smallest absolute Gasteiger partial charge is 0.164 e. The third-order valence-corrected chi connectivity index (χ3v) is 10.7. The largest absolute Gasteiger partial charge is 0.309 e. The molecule has 0 N–H and O–H groups in total. The topological polar surface area (TPSA) is 48.5 Å². The highest BCUT2D eigenvalue weighted by atomic mass is 15.0. The minimum Gasteiger partial charge on any atom is -0.309 e. The molecule has 11 rings (SSSR count). The Hall–Kier alpha value is -7.63. The molecular weight excluding hydrogens is 683 g/mol. The Morgan fingerprint density at radius 3 is 1.05 bits per heavy atom. The maximum Gasteiger partial charge on any atom is 0.164 e. The van der Waals surface area contributed by atoms with Gasteiger partial charge in [-0.1, -0.05) is 146 Å². The van der Waals surface area contributed by atoms with Crippen molar-refractivity contribution in [2.75, 3.05) is 0 Å². The summed E-state index contributed by atoms with van der Waals surface area (Å²) in [6, 6.07) is 70.3. The van der Waals surface area contributed by atoms with Gasteiger partial charge in [0.15, 0.2) is 17.5 Å². The maximum absolute atomic E-state index is 5.17. The first kappa shape index (κ1) is 31.9. The third-order valence-electron chi connectivity index (χ3n) is 10.7. The molecule has 0 radical (unpaired) electrons. The van der Waals surface area contributed by atoms with Crippen LogP contribution >= 0.6 is 0 Å². The first-order valence-corrected chi connectivity index (χ1v) is 18.9. The van der Waals surface area contributed by atoms with Gasteiger partial charge in [0.2, 0.25) is 0 Å².